The number of likely N-dealkylation sites (tertiary alicyclic amines) is 1. The van der Waals surface area contributed by atoms with Crippen LogP contribution < -0.4 is 5.32 Å². The molecule has 0 radical (unpaired) electrons. The van der Waals surface area contributed by atoms with Crippen molar-refractivity contribution in [3.05, 3.63) is 29.3 Å². The molecule has 0 spiro atoms. The fourth-order valence-electron chi connectivity index (χ4n) is 3.11. The third-order valence-electron chi connectivity index (χ3n) is 4.54. The molecule has 4 heteroatoms. The Hall–Kier alpha value is -1.55. The molecule has 1 aliphatic rings. The summed E-state index contributed by atoms with van der Waals surface area (Å²) in [5.41, 5.74) is 3.33. The van der Waals surface area contributed by atoms with E-state index in [9.17, 15) is 9.90 Å². The zero-order chi connectivity index (χ0) is 15.4. The number of anilines is 1. The van der Waals surface area contributed by atoms with Gasteiger partial charge < -0.3 is 15.3 Å². The quantitative estimate of drug-likeness (QED) is 0.898. The Morgan fingerprint density at radius 2 is 2.24 bits per heavy atom. The van der Waals surface area contributed by atoms with Gasteiger partial charge in [0.05, 0.1) is 12.6 Å². The summed E-state index contributed by atoms with van der Waals surface area (Å²) < 4.78 is 0. The Morgan fingerprint density at radius 1 is 1.48 bits per heavy atom. The van der Waals surface area contributed by atoms with Gasteiger partial charge in [-0.25, -0.2) is 4.79 Å². The summed E-state index contributed by atoms with van der Waals surface area (Å²) in [4.78, 5) is 14.2. The molecule has 1 saturated heterocycles. The van der Waals surface area contributed by atoms with Crippen molar-refractivity contribution in [3.8, 4) is 0 Å². The van der Waals surface area contributed by atoms with Gasteiger partial charge in [-0.2, -0.15) is 0 Å². The molecule has 1 aromatic rings. The van der Waals surface area contributed by atoms with Crippen LogP contribution in [0.15, 0.2) is 18.2 Å². The number of hydrogen-bond acceptors (Lipinski definition) is 2. The van der Waals surface area contributed by atoms with Gasteiger partial charge in [0.2, 0.25) is 0 Å². The molecule has 2 atom stereocenters. The van der Waals surface area contributed by atoms with Gasteiger partial charge in [0.15, 0.2) is 0 Å². The Labute approximate surface area is 127 Å². The number of aliphatic hydroxyl groups is 1. The topological polar surface area (TPSA) is 52.6 Å². The van der Waals surface area contributed by atoms with Crippen LogP contribution in [0, 0.1) is 12.8 Å². The summed E-state index contributed by atoms with van der Waals surface area (Å²) in [6, 6.07) is 5.83. The van der Waals surface area contributed by atoms with Crippen LogP contribution in [0.4, 0.5) is 10.5 Å². The van der Waals surface area contributed by atoms with Crippen molar-refractivity contribution in [3.63, 3.8) is 0 Å². The summed E-state index contributed by atoms with van der Waals surface area (Å²) in [5.74, 6) is 0.346. The molecular formula is C17H26N2O2. The molecule has 1 aromatic carbocycles. The Balaban J connectivity index is 2.10. The number of benzene rings is 1. The van der Waals surface area contributed by atoms with Gasteiger partial charge in [0.1, 0.15) is 0 Å². The van der Waals surface area contributed by atoms with Crippen LogP contribution in [0.1, 0.15) is 37.8 Å². The molecule has 2 rings (SSSR count). The first-order valence-corrected chi connectivity index (χ1v) is 7.84. The maximum atomic E-state index is 12.5. The highest BCUT2D eigenvalue weighted by Crippen LogP contribution is 2.24. The van der Waals surface area contributed by atoms with Crippen LogP contribution in [-0.2, 0) is 6.42 Å². The van der Waals surface area contributed by atoms with Gasteiger partial charge in [0, 0.05) is 12.2 Å². The lowest BCUT2D eigenvalue weighted by atomic mass is 9.91. The fraction of sp³-hybridized carbons (Fsp3) is 0.588. The first-order chi connectivity index (χ1) is 10.1. The van der Waals surface area contributed by atoms with Gasteiger partial charge in [-0.15, -0.1) is 0 Å². The highest BCUT2D eigenvalue weighted by Gasteiger charge is 2.31. The molecular weight excluding hydrogens is 264 g/mol. The van der Waals surface area contributed by atoms with Gasteiger partial charge in [-0.1, -0.05) is 19.9 Å². The van der Waals surface area contributed by atoms with E-state index in [1.807, 2.05) is 18.2 Å². The SMILES string of the molecule is CCc1cc(NC(=O)N2CCCC(C)C2CO)ccc1C. The van der Waals surface area contributed by atoms with E-state index in [4.69, 9.17) is 0 Å². The van der Waals surface area contributed by atoms with Crippen molar-refractivity contribution in [2.24, 2.45) is 5.92 Å². The van der Waals surface area contributed by atoms with E-state index >= 15 is 0 Å². The molecule has 0 aromatic heterocycles. The maximum Gasteiger partial charge on any atom is 0.322 e. The van der Waals surface area contributed by atoms with Gasteiger partial charge in [-0.05, 0) is 55.4 Å². The molecule has 1 fully saturated rings. The molecule has 2 unspecified atom stereocenters. The number of hydrogen-bond donors (Lipinski definition) is 2. The van der Waals surface area contributed by atoms with Crippen molar-refractivity contribution >= 4 is 11.7 Å². The molecule has 116 valence electrons. The zero-order valence-electron chi connectivity index (χ0n) is 13.2. The molecule has 21 heavy (non-hydrogen) atoms. The van der Waals surface area contributed by atoms with E-state index in [1.54, 1.807) is 4.90 Å². The van der Waals surface area contributed by atoms with Crippen LogP contribution in [0.25, 0.3) is 0 Å². The minimum atomic E-state index is -0.105. The molecule has 1 aliphatic heterocycles. The molecule has 4 nitrogen and oxygen atoms in total. The van der Waals surface area contributed by atoms with Crippen LogP contribution in [-0.4, -0.2) is 35.2 Å². The van der Waals surface area contributed by atoms with E-state index < -0.39 is 0 Å². The monoisotopic (exact) mass is 290 g/mol. The number of aliphatic hydroxyl groups excluding tert-OH is 1. The van der Waals surface area contributed by atoms with Crippen molar-refractivity contribution < 1.29 is 9.90 Å². The number of carbonyl (C=O) groups excluding carboxylic acids is 1. The number of urea groups is 1. The highest BCUT2D eigenvalue weighted by molar-refractivity contribution is 5.89. The number of amides is 2. The van der Waals surface area contributed by atoms with Crippen LogP contribution in [0.5, 0.6) is 0 Å². The average Bonchev–Trinajstić information content (AvgIpc) is 2.48. The maximum absolute atomic E-state index is 12.5. The number of carbonyl (C=O) groups is 1. The Morgan fingerprint density at radius 3 is 2.90 bits per heavy atom. The standard InChI is InChI=1S/C17H26N2O2/c1-4-14-10-15(8-7-12(14)2)18-17(21)19-9-5-6-13(3)16(19)11-20/h7-8,10,13,16,20H,4-6,9,11H2,1-3H3,(H,18,21). The summed E-state index contributed by atoms with van der Waals surface area (Å²) in [5, 5.41) is 12.5. The number of rotatable bonds is 3. The average molecular weight is 290 g/mol. The third-order valence-corrected chi connectivity index (χ3v) is 4.54. The number of piperidine rings is 1. The lowest BCUT2D eigenvalue weighted by Crippen LogP contribution is -2.51. The van der Waals surface area contributed by atoms with Crippen molar-refractivity contribution in [2.45, 2.75) is 46.1 Å². The minimum absolute atomic E-state index is 0.0305. The Kier molecular flexibility index (Phi) is 5.23. The lowest BCUT2D eigenvalue weighted by molar-refractivity contribution is 0.0811. The second kappa shape index (κ2) is 6.94. The van der Waals surface area contributed by atoms with Crippen LogP contribution >= 0.6 is 0 Å². The first kappa shape index (κ1) is 15.8. The predicted molar refractivity (Wildman–Crippen MR) is 85.6 cm³/mol. The minimum Gasteiger partial charge on any atom is -0.394 e. The van der Waals surface area contributed by atoms with Crippen LogP contribution in [0.2, 0.25) is 0 Å². The van der Waals surface area contributed by atoms with E-state index in [0.29, 0.717) is 12.5 Å². The summed E-state index contributed by atoms with van der Waals surface area (Å²) in [6.07, 6.45) is 3.02. The lowest BCUT2D eigenvalue weighted by Gasteiger charge is -2.38. The highest BCUT2D eigenvalue weighted by atomic mass is 16.3. The second-order valence-corrected chi connectivity index (χ2v) is 5.99. The molecule has 0 bridgehead atoms. The van der Waals surface area contributed by atoms with E-state index in [2.05, 4.69) is 26.1 Å². The largest absolute Gasteiger partial charge is 0.394 e. The summed E-state index contributed by atoms with van der Waals surface area (Å²) in [6.45, 7) is 7.04. The number of nitrogens with one attached hydrogen (secondary N) is 1. The fourth-order valence-corrected chi connectivity index (χ4v) is 3.11. The summed E-state index contributed by atoms with van der Waals surface area (Å²) in [7, 11) is 0. The van der Waals surface area contributed by atoms with Crippen molar-refractivity contribution in [2.75, 3.05) is 18.5 Å². The molecule has 0 saturated carbocycles. The van der Waals surface area contributed by atoms with E-state index in [-0.39, 0.29) is 18.7 Å². The summed E-state index contributed by atoms with van der Waals surface area (Å²) >= 11 is 0. The van der Waals surface area contributed by atoms with Crippen molar-refractivity contribution in [1.82, 2.24) is 4.90 Å². The van der Waals surface area contributed by atoms with E-state index in [1.165, 1.54) is 11.1 Å². The molecule has 0 aliphatic carbocycles. The van der Waals surface area contributed by atoms with E-state index in [0.717, 1.165) is 24.9 Å². The van der Waals surface area contributed by atoms with Gasteiger partial charge in [0.25, 0.3) is 0 Å². The van der Waals surface area contributed by atoms with Gasteiger partial charge in [-0.3, -0.25) is 0 Å². The van der Waals surface area contributed by atoms with Crippen molar-refractivity contribution in [1.29, 1.82) is 0 Å². The molecule has 1 heterocycles. The smallest absolute Gasteiger partial charge is 0.322 e. The Bertz CT molecular complexity index is 502. The molecule has 2 N–H and O–H groups in total. The number of aryl methyl sites for hydroxylation is 2. The normalized spacial score (nSPS) is 22.2. The van der Waals surface area contributed by atoms with Gasteiger partial charge >= 0.3 is 6.03 Å². The predicted octanol–water partition coefficient (Wildman–Crippen LogP) is 3.18. The zero-order valence-corrected chi connectivity index (χ0v) is 13.2. The molecule has 2 amide bonds. The first-order valence-electron chi connectivity index (χ1n) is 7.84. The second-order valence-electron chi connectivity index (χ2n) is 5.99. The van der Waals surface area contributed by atoms with Crippen LogP contribution in [0.3, 0.4) is 0 Å². The third kappa shape index (κ3) is 3.56. The number of nitrogens with zero attached hydrogens (tertiary/aromatic N) is 1.